The molecule has 0 bridgehead atoms. The van der Waals surface area contributed by atoms with Gasteiger partial charge < -0.3 is 10.6 Å². The Kier molecular flexibility index (Phi) is 5.77. The van der Waals surface area contributed by atoms with E-state index in [1.54, 1.807) is 72.8 Å². The van der Waals surface area contributed by atoms with E-state index >= 15 is 0 Å². The summed E-state index contributed by atoms with van der Waals surface area (Å²) in [7, 11) is 0. The van der Waals surface area contributed by atoms with Gasteiger partial charge in [-0.25, -0.2) is 0 Å². The number of rotatable bonds is 6. The number of nitrogens with one attached hydrogen (secondary N) is 2. The van der Waals surface area contributed by atoms with Gasteiger partial charge in [-0.3, -0.25) is 14.4 Å². The van der Waals surface area contributed by atoms with E-state index in [2.05, 4.69) is 26.6 Å². The van der Waals surface area contributed by atoms with Gasteiger partial charge in [0.25, 0.3) is 5.91 Å². The maximum Gasteiger partial charge on any atom is 0.256 e. The van der Waals surface area contributed by atoms with Gasteiger partial charge in [-0.15, -0.1) is 0 Å². The fourth-order valence-corrected chi connectivity index (χ4v) is 3.33. The van der Waals surface area contributed by atoms with Crippen molar-refractivity contribution in [1.82, 2.24) is 0 Å². The summed E-state index contributed by atoms with van der Waals surface area (Å²) in [5, 5.41) is 5.68. The molecule has 30 heavy (non-hydrogen) atoms. The molecule has 150 valence electrons. The van der Waals surface area contributed by atoms with Crippen LogP contribution in [0, 0.1) is 5.92 Å². The topological polar surface area (TPSA) is 75.3 Å². The molecule has 0 unspecified atom stereocenters. The average molecular weight is 463 g/mol. The molecule has 1 saturated carbocycles. The van der Waals surface area contributed by atoms with Crippen molar-refractivity contribution in [3.05, 3.63) is 94.0 Å². The molecule has 2 N–H and O–H groups in total. The van der Waals surface area contributed by atoms with Crippen LogP contribution in [0.2, 0.25) is 0 Å². The number of ketones is 1. The van der Waals surface area contributed by atoms with Gasteiger partial charge in [-0.1, -0.05) is 34.1 Å². The Labute approximate surface area is 182 Å². The van der Waals surface area contributed by atoms with E-state index in [9.17, 15) is 14.4 Å². The lowest BCUT2D eigenvalue weighted by atomic mass is 9.98. The molecule has 0 heterocycles. The Hall–Kier alpha value is -3.25. The Balaban J connectivity index is 1.49. The number of hydrogen-bond acceptors (Lipinski definition) is 3. The maximum absolute atomic E-state index is 12.9. The normalized spacial score (nSPS) is 12.8. The molecular formula is C24H19BrN2O3. The maximum atomic E-state index is 12.9. The number of carbonyl (C=O) groups is 3. The van der Waals surface area contributed by atoms with Crippen LogP contribution < -0.4 is 10.6 Å². The summed E-state index contributed by atoms with van der Waals surface area (Å²) in [6.07, 6.45) is 1.89. The molecule has 2 amide bonds. The molecule has 5 nitrogen and oxygen atoms in total. The van der Waals surface area contributed by atoms with Gasteiger partial charge in [-0.2, -0.15) is 0 Å². The van der Waals surface area contributed by atoms with Crippen LogP contribution in [-0.2, 0) is 4.79 Å². The Morgan fingerprint density at radius 1 is 0.733 bits per heavy atom. The van der Waals surface area contributed by atoms with Gasteiger partial charge in [-0.05, 0) is 67.4 Å². The van der Waals surface area contributed by atoms with Crippen LogP contribution in [0.5, 0.6) is 0 Å². The van der Waals surface area contributed by atoms with Crippen molar-refractivity contribution in [1.29, 1.82) is 0 Å². The second kappa shape index (κ2) is 8.63. The molecule has 0 atom stereocenters. The van der Waals surface area contributed by atoms with Crippen molar-refractivity contribution >= 4 is 44.9 Å². The predicted octanol–water partition coefficient (Wildman–Crippen LogP) is 5.28. The highest BCUT2D eigenvalue weighted by atomic mass is 79.9. The number of hydrogen-bond donors (Lipinski definition) is 2. The highest BCUT2D eigenvalue weighted by molar-refractivity contribution is 9.10. The first-order valence-electron chi connectivity index (χ1n) is 9.63. The summed E-state index contributed by atoms with van der Waals surface area (Å²) in [5.74, 6) is -0.423. The summed E-state index contributed by atoms with van der Waals surface area (Å²) < 4.78 is 0.877. The minimum Gasteiger partial charge on any atom is -0.326 e. The van der Waals surface area contributed by atoms with Gasteiger partial charge in [0.15, 0.2) is 5.78 Å². The lowest BCUT2D eigenvalue weighted by molar-refractivity contribution is -0.117. The van der Waals surface area contributed by atoms with Crippen molar-refractivity contribution < 1.29 is 14.4 Å². The molecule has 0 spiro atoms. The van der Waals surface area contributed by atoms with E-state index in [-0.39, 0.29) is 23.5 Å². The zero-order valence-electron chi connectivity index (χ0n) is 16.0. The zero-order chi connectivity index (χ0) is 21.1. The smallest absolute Gasteiger partial charge is 0.256 e. The van der Waals surface area contributed by atoms with Crippen LogP contribution in [0.3, 0.4) is 0 Å². The van der Waals surface area contributed by atoms with Crippen molar-refractivity contribution in [3.63, 3.8) is 0 Å². The van der Waals surface area contributed by atoms with Crippen molar-refractivity contribution in [3.8, 4) is 0 Å². The van der Waals surface area contributed by atoms with Crippen LogP contribution >= 0.6 is 15.9 Å². The molecule has 0 aromatic heterocycles. The fourth-order valence-electron chi connectivity index (χ4n) is 3.06. The lowest BCUT2D eigenvalue weighted by Gasteiger charge is -2.11. The lowest BCUT2D eigenvalue weighted by Crippen LogP contribution is -2.17. The number of benzene rings is 3. The highest BCUT2D eigenvalue weighted by Crippen LogP contribution is 2.30. The van der Waals surface area contributed by atoms with Crippen LogP contribution in [0.25, 0.3) is 0 Å². The Morgan fingerprint density at radius 3 is 1.90 bits per heavy atom. The predicted molar refractivity (Wildman–Crippen MR) is 120 cm³/mol. The molecule has 6 heteroatoms. The standard InChI is InChI=1S/C24H19BrN2O3/c25-17-9-7-15(8-10-17)22(28)20-3-1-2-4-21(20)24(30)27-19-13-11-18(12-14-19)26-23(29)16-5-6-16/h1-4,7-14,16H,5-6H2,(H,26,29)(H,27,30). The second-order valence-electron chi connectivity index (χ2n) is 7.18. The van der Waals surface area contributed by atoms with E-state index in [1.807, 2.05) is 0 Å². The number of amides is 2. The summed E-state index contributed by atoms with van der Waals surface area (Å²) in [4.78, 5) is 37.6. The molecule has 4 rings (SSSR count). The fraction of sp³-hybridized carbons (Fsp3) is 0.125. The Morgan fingerprint density at radius 2 is 1.30 bits per heavy atom. The molecule has 3 aromatic rings. The third-order valence-electron chi connectivity index (χ3n) is 4.88. The number of carbonyl (C=O) groups excluding carboxylic acids is 3. The molecule has 3 aromatic carbocycles. The van der Waals surface area contributed by atoms with E-state index in [0.29, 0.717) is 28.1 Å². The molecule has 0 radical (unpaired) electrons. The first-order chi connectivity index (χ1) is 14.5. The first kappa shape index (κ1) is 20.0. The third kappa shape index (κ3) is 4.66. The number of anilines is 2. The zero-order valence-corrected chi connectivity index (χ0v) is 17.6. The minimum absolute atomic E-state index is 0.0344. The first-order valence-corrected chi connectivity index (χ1v) is 10.4. The molecule has 0 saturated heterocycles. The summed E-state index contributed by atoms with van der Waals surface area (Å²) >= 11 is 3.36. The molecule has 1 aliphatic rings. The number of halogens is 1. The van der Waals surface area contributed by atoms with Crippen LogP contribution in [-0.4, -0.2) is 17.6 Å². The van der Waals surface area contributed by atoms with E-state index in [4.69, 9.17) is 0 Å². The van der Waals surface area contributed by atoms with Crippen LogP contribution in [0.4, 0.5) is 11.4 Å². The van der Waals surface area contributed by atoms with Gasteiger partial charge in [0.1, 0.15) is 0 Å². The summed E-state index contributed by atoms with van der Waals surface area (Å²) in [5.41, 5.74) is 2.42. The minimum atomic E-state index is -0.370. The van der Waals surface area contributed by atoms with Gasteiger partial charge >= 0.3 is 0 Å². The second-order valence-corrected chi connectivity index (χ2v) is 8.09. The summed E-state index contributed by atoms with van der Waals surface area (Å²) in [6, 6.07) is 20.7. The van der Waals surface area contributed by atoms with Crippen LogP contribution in [0.1, 0.15) is 39.1 Å². The van der Waals surface area contributed by atoms with Crippen molar-refractivity contribution in [2.24, 2.45) is 5.92 Å². The third-order valence-corrected chi connectivity index (χ3v) is 5.41. The van der Waals surface area contributed by atoms with Crippen molar-refractivity contribution in [2.75, 3.05) is 10.6 Å². The Bertz CT molecular complexity index is 1100. The molecule has 1 fully saturated rings. The molecule has 0 aliphatic heterocycles. The average Bonchev–Trinajstić information content (AvgIpc) is 3.61. The van der Waals surface area contributed by atoms with Crippen molar-refractivity contribution in [2.45, 2.75) is 12.8 Å². The molecular weight excluding hydrogens is 444 g/mol. The van der Waals surface area contributed by atoms with Gasteiger partial charge in [0.05, 0.1) is 5.56 Å². The van der Waals surface area contributed by atoms with E-state index in [1.165, 1.54) is 0 Å². The quantitative estimate of drug-likeness (QED) is 0.489. The SMILES string of the molecule is O=C(Nc1ccc(NC(=O)C2CC2)cc1)c1ccccc1C(=O)c1ccc(Br)cc1. The molecule has 1 aliphatic carbocycles. The monoisotopic (exact) mass is 462 g/mol. The summed E-state index contributed by atoms with van der Waals surface area (Å²) in [6.45, 7) is 0. The van der Waals surface area contributed by atoms with Crippen LogP contribution in [0.15, 0.2) is 77.3 Å². The highest BCUT2D eigenvalue weighted by Gasteiger charge is 2.29. The van der Waals surface area contributed by atoms with Gasteiger partial charge in [0, 0.05) is 32.9 Å². The van der Waals surface area contributed by atoms with E-state index < -0.39 is 0 Å². The van der Waals surface area contributed by atoms with E-state index in [0.717, 1.165) is 17.3 Å². The van der Waals surface area contributed by atoms with Gasteiger partial charge in [0.2, 0.25) is 5.91 Å². The largest absolute Gasteiger partial charge is 0.326 e.